The van der Waals surface area contributed by atoms with Crippen LogP contribution in [-0.2, 0) is 0 Å². The Morgan fingerprint density at radius 1 is 1.25 bits per heavy atom. The molecule has 2 N–H and O–H groups in total. The maximum absolute atomic E-state index is 12.9. The van der Waals surface area contributed by atoms with Crippen molar-refractivity contribution in [3.63, 3.8) is 0 Å². The van der Waals surface area contributed by atoms with E-state index < -0.39 is 0 Å². The molecule has 24 heavy (non-hydrogen) atoms. The number of H-pyrrole nitrogens is 1. The van der Waals surface area contributed by atoms with E-state index in [0.29, 0.717) is 5.56 Å². The van der Waals surface area contributed by atoms with Crippen molar-refractivity contribution >= 4 is 16.8 Å². The Labute approximate surface area is 141 Å². The van der Waals surface area contributed by atoms with Gasteiger partial charge in [-0.05, 0) is 45.4 Å². The summed E-state index contributed by atoms with van der Waals surface area (Å²) in [6, 6.07) is 7.68. The second kappa shape index (κ2) is 6.43. The van der Waals surface area contributed by atoms with Gasteiger partial charge < -0.3 is 10.3 Å². The second-order valence-electron chi connectivity index (χ2n) is 6.22. The molecule has 5 nitrogen and oxygen atoms in total. The molecule has 0 saturated carbocycles. The Morgan fingerprint density at radius 2 is 2.04 bits per heavy atom. The number of aryl methyl sites for hydroxylation is 3. The first-order chi connectivity index (χ1) is 11.5. The fourth-order valence-electron chi connectivity index (χ4n) is 2.87. The van der Waals surface area contributed by atoms with E-state index in [0.717, 1.165) is 40.1 Å². The standard InChI is InChI=1S/C19H22N4O/c1-5-16(18-20-10-13(4)22-18)23-19(24)15-9-12(3)21-17-7-6-11(2)8-14(15)17/h6-10,16H,5H2,1-4H3,(H,20,22)(H,23,24). The quantitative estimate of drug-likeness (QED) is 0.768. The number of rotatable bonds is 4. The number of imidazole rings is 1. The highest BCUT2D eigenvalue weighted by Crippen LogP contribution is 2.21. The summed E-state index contributed by atoms with van der Waals surface area (Å²) >= 11 is 0. The van der Waals surface area contributed by atoms with Gasteiger partial charge in [-0.3, -0.25) is 9.78 Å². The van der Waals surface area contributed by atoms with Crippen molar-refractivity contribution in [3.8, 4) is 0 Å². The van der Waals surface area contributed by atoms with Crippen molar-refractivity contribution in [3.05, 3.63) is 58.8 Å². The van der Waals surface area contributed by atoms with Gasteiger partial charge in [-0.25, -0.2) is 4.98 Å². The zero-order valence-corrected chi connectivity index (χ0v) is 14.5. The predicted octanol–water partition coefficient (Wildman–Crippen LogP) is 3.76. The molecule has 1 atom stereocenters. The highest BCUT2D eigenvalue weighted by atomic mass is 16.1. The van der Waals surface area contributed by atoms with Crippen molar-refractivity contribution in [2.45, 2.75) is 40.2 Å². The van der Waals surface area contributed by atoms with Gasteiger partial charge >= 0.3 is 0 Å². The smallest absolute Gasteiger partial charge is 0.252 e. The number of aromatic amines is 1. The van der Waals surface area contributed by atoms with Crippen LogP contribution in [0, 0.1) is 20.8 Å². The highest BCUT2D eigenvalue weighted by molar-refractivity contribution is 6.06. The van der Waals surface area contributed by atoms with Crippen LogP contribution in [0.3, 0.4) is 0 Å². The molecule has 0 spiro atoms. The van der Waals surface area contributed by atoms with Crippen LogP contribution in [0.15, 0.2) is 30.5 Å². The molecular weight excluding hydrogens is 300 g/mol. The number of pyridine rings is 1. The Hall–Kier alpha value is -2.69. The zero-order valence-electron chi connectivity index (χ0n) is 14.5. The van der Waals surface area contributed by atoms with Gasteiger partial charge in [0.05, 0.1) is 17.1 Å². The summed E-state index contributed by atoms with van der Waals surface area (Å²) in [5, 5.41) is 3.97. The Morgan fingerprint density at radius 3 is 2.71 bits per heavy atom. The summed E-state index contributed by atoms with van der Waals surface area (Å²) in [4.78, 5) is 25.0. The van der Waals surface area contributed by atoms with Gasteiger partial charge in [-0.15, -0.1) is 0 Å². The first-order valence-corrected chi connectivity index (χ1v) is 8.18. The van der Waals surface area contributed by atoms with Crippen LogP contribution < -0.4 is 5.32 Å². The van der Waals surface area contributed by atoms with Crippen LogP contribution in [0.25, 0.3) is 10.9 Å². The van der Waals surface area contributed by atoms with E-state index in [1.165, 1.54) is 0 Å². The van der Waals surface area contributed by atoms with E-state index in [1.807, 2.05) is 52.0 Å². The Bertz CT molecular complexity index is 898. The predicted molar refractivity (Wildman–Crippen MR) is 95.0 cm³/mol. The van der Waals surface area contributed by atoms with Crippen LogP contribution in [0.2, 0.25) is 0 Å². The minimum absolute atomic E-state index is 0.1000. The summed E-state index contributed by atoms with van der Waals surface area (Å²) in [7, 11) is 0. The zero-order chi connectivity index (χ0) is 17.3. The van der Waals surface area contributed by atoms with Crippen LogP contribution in [0.4, 0.5) is 0 Å². The Balaban J connectivity index is 1.97. The number of nitrogens with zero attached hydrogens (tertiary/aromatic N) is 2. The van der Waals surface area contributed by atoms with E-state index in [2.05, 4.69) is 20.3 Å². The molecule has 0 fully saturated rings. The molecule has 5 heteroatoms. The fourth-order valence-corrected chi connectivity index (χ4v) is 2.87. The van der Waals surface area contributed by atoms with Crippen molar-refractivity contribution in [2.75, 3.05) is 0 Å². The minimum Gasteiger partial charge on any atom is -0.344 e. The van der Waals surface area contributed by atoms with E-state index >= 15 is 0 Å². The summed E-state index contributed by atoms with van der Waals surface area (Å²) in [5.74, 6) is 0.687. The lowest BCUT2D eigenvalue weighted by Gasteiger charge is -2.16. The number of aromatic nitrogens is 3. The first kappa shape index (κ1) is 16.2. The lowest BCUT2D eigenvalue weighted by atomic mass is 10.0. The normalized spacial score (nSPS) is 12.3. The topological polar surface area (TPSA) is 70.7 Å². The number of fused-ring (bicyclic) bond motifs is 1. The summed E-state index contributed by atoms with van der Waals surface area (Å²) in [6.45, 7) is 7.90. The lowest BCUT2D eigenvalue weighted by molar-refractivity contribution is 0.0935. The molecule has 0 bridgehead atoms. The fraction of sp³-hybridized carbons (Fsp3) is 0.316. The largest absolute Gasteiger partial charge is 0.344 e. The number of nitrogens with one attached hydrogen (secondary N) is 2. The number of benzene rings is 1. The van der Waals surface area contributed by atoms with Crippen molar-refractivity contribution in [2.24, 2.45) is 0 Å². The first-order valence-electron chi connectivity index (χ1n) is 8.18. The average molecular weight is 322 g/mol. The second-order valence-corrected chi connectivity index (χ2v) is 6.22. The molecule has 0 radical (unpaired) electrons. The molecule has 2 aromatic heterocycles. The molecule has 3 rings (SSSR count). The molecule has 124 valence electrons. The number of hydrogen-bond acceptors (Lipinski definition) is 3. The van der Waals surface area contributed by atoms with Gasteiger partial charge in [0, 0.05) is 23.0 Å². The summed E-state index contributed by atoms with van der Waals surface area (Å²) in [6.07, 6.45) is 2.54. The molecule has 0 aliphatic carbocycles. The van der Waals surface area contributed by atoms with E-state index in [4.69, 9.17) is 0 Å². The number of amides is 1. The van der Waals surface area contributed by atoms with Crippen molar-refractivity contribution in [1.82, 2.24) is 20.3 Å². The van der Waals surface area contributed by atoms with Gasteiger partial charge in [0.2, 0.25) is 0 Å². The third-order valence-electron chi connectivity index (χ3n) is 4.10. The number of carbonyl (C=O) groups is 1. The maximum Gasteiger partial charge on any atom is 0.252 e. The van der Waals surface area contributed by atoms with Crippen molar-refractivity contribution < 1.29 is 4.79 Å². The number of hydrogen-bond donors (Lipinski definition) is 2. The SMILES string of the molecule is CCC(NC(=O)c1cc(C)nc2ccc(C)cc12)c1ncc(C)[nH]1. The van der Waals surface area contributed by atoms with E-state index in [1.54, 1.807) is 6.20 Å². The highest BCUT2D eigenvalue weighted by Gasteiger charge is 2.19. The van der Waals surface area contributed by atoms with Gasteiger partial charge in [-0.2, -0.15) is 0 Å². The molecule has 0 aliphatic heterocycles. The summed E-state index contributed by atoms with van der Waals surface area (Å²) < 4.78 is 0. The average Bonchev–Trinajstić information content (AvgIpc) is 2.98. The molecular formula is C19H22N4O. The monoisotopic (exact) mass is 322 g/mol. The van der Waals surface area contributed by atoms with E-state index in [9.17, 15) is 4.79 Å². The molecule has 3 aromatic rings. The van der Waals surface area contributed by atoms with E-state index in [-0.39, 0.29) is 11.9 Å². The molecule has 0 aliphatic rings. The molecule has 1 aromatic carbocycles. The van der Waals surface area contributed by atoms with Gasteiger partial charge in [0.25, 0.3) is 5.91 Å². The summed E-state index contributed by atoms with van der Waals surface area (Å²) in [5.41, 5.74) is 4.42. The minimum atomic E-state index is -0.139. The van der Waals surface area contributed by atoms with Gasteiger partial charge in [0.1, 0.15) is 5.82 Å². The molecule has 1 amide bonds. The third kappa shape index (κ3) is 3.15. The van der Waals surface area contributed by atoms with Crippen LogP contribution in [0.5, 0.6) is 0 Å². The van der Waals surface area contributed by atoms with Gasteiger partial charge in [0.15, 0.2) is 0 Å². The third-order valence-corrected chi connectivity index (χ3v) is 4.10. The van der Waals surface area contributed by atoms with Crippen molar-refractivity contribution in [1.29, 1.82) is 0 Å². The van der Waals surface area contributed by atoms with Crippen LogP contribution >= 0.6 is 0 Å². The van der Waals surface area contributed by atoms with Gasteiger partial charge in [-0.1, -0.05) is 18.6 Å². The van der Waals surface area contributed by atoms with Crippen LogP contribution in [-0.4, -0.2) is 20.9 Å². The molecule has 2 heterocycles. The molecule has 0 saturated heterocycles. The number of carbonyl (C=O) groups excluding carboxylic acids is 1. The Kier molecular flexibility index (Phi) is 4.34. The lowest BCUT2D eigenvalue weighted by Crippen LogP contribution is -2.29. The maximum atomic E-state index is 12.9. The van der Waals surface area contributed by atoms with Crippen LogP contribution in [0.1, 0.15) is 52.5 Å². The molecule has 1 unspecified atom stereocenters.